The maximum atomic E-state index is 12.1. The Bertz CT molecular complexity index is 681. The number of amides is 1. The van der Waals surface area contributed by atoms with E-state index < -0.39 is 0 Å². The van der Waals surface area contributed by atoms with E-state index in [1.165, 1.54) is 5.56 Å². The molecule has 0 saturated carbocycles. The fourth-order valence-corrected chi connectivity index (χ4v) is 2.38. The molecule has 0 aliphatic rings. The molecule has 0 heterocycles. The Kier molecular flexibility index (Phi) is 6.24. The quantitative estimate of drug-likeness (QED) is 0.796. The SMILES string of the molecule is CC[C@H](C)NC(=O)c1ccc(COc2ccc(C(C)(C)C)cc2)cc1. The number of hydrogen-bond donors (Lipinski definition) is 1. The monoisotopic (exact) mass is 339 g/mol. The fourth-order valence-electron chi connectivity index (χ4n) is 2.38. The van der Waals surface area contributed by atoms with Crippen molar-refractivity contribution in [2.45, 2.75) is 59.1 Å². The third-order valence-corrected chi connectivity index (χ3v) is 4.33. The highest BCUT2D eigenvalue weighted by Gasteiger charge is 2.13. The van der Waals surface area contributed by atoms with Gasteiger partial charge in [-0.3, -0.25) is 4.79 Å². The van der Waals surface area contributed by atoms with Gasteiger partial charge in [0, 0.05) is 11.6 Å². The summed E-state index contributed by atoms with van der Waals surface area (Å²) in [6, 6.07) is 16.0. The van der Waals surface area contributed by atoms with E-state index in [0.29, 0.717) is 12.2 Å². The average molecular weight is 339 g/mol. The zero-order valence-corrected chi connectivity index (χ0v) is 15.9. The molecule has 0 fully saturated rings. The van der Waals surface area contributed by atoms with Gasteiger partial charge in [-0.15, -0.1) is 0 Å². The first kappa shape index (κ1) is 19.0. The van der Waals surface area contributed by atoms with Gasteiger partial charge in [0.25, 0.3) is 5.91 Å². The van der Waals surface area contributed by atoms with Crippen LogP contribution in [0.1, 0.15) is 62.5 Å². The van der Waals surface area contributed by atoms with Gasteiger partial charge in [0.2, 0.25) is 0 Å². The van der Waals surface area contributed by atoms with Gasteiger partial charge in [-0.05, 0) is 54.2 Å². The summed E-state index contributed by atoms with van der Waals surface area (Å²) in [5.74, 6) is 0.825. The van der Waals surface area contributed by atoms with Gasteiger partial charge in [0.1, 0.15) is 12.4 Å². The second-order valence-electron chi connectivity index (χ2n) is 7.54. The minimum atomic E-state index is -0.0282. The van der Waals surface area contributed by atoms with Crippen molar-refractivity contribution in [1.82, 2.24) is 5.32 Å². The molecule has 1 amide bonds. The van der Waals surface area contributed by atoms with Crippen LogP contribution in [0.3, 0.4) is 0 Å². The van der Waals surface area contributed by atoms with Crippen LogP contribution in [0.15, 0.2) is 48.5 Å². The van der Waals surface area contributed by atoms with Gasteiger partial charge < -0.3 is 10.1 Å². The maximum absolute atomic E-state index is 12.1. The number of benzene rings is 2. The van der Waals surface area contributed by atoms with Crippen molar-refractivity contribution in [2.24, 2.45) is 0 Å². The second kappa shape index (κ2) is 8.19. The van der Waals surface area contributed by atoms with E-state index in [2.05, 4.69) is 45.1 Å². The molecular formula is C22H29NO2. The van der Waals surface area contributed by atoms with E-state index in [4.69, 9.17) is 4.74 Å². The molecule has 2 aromatic rings. The van der Waals surface area contributed by atoms with E-state index in [1.54, 1.807) is 0 Å². The van der Waals surface area contributed by atoms with E-state index in [1.807, 2.05) is 43.3 Å². The third kappa shape index (κ3) is 5.63. The lowest BCUT2D eigenvalue weighted by molar-refractivity contribution is 0.0939. The summed E-state index contributed by atoms with van der Waals surface area (Å²) < 4.78 is 5.84. The van der Waals surface area contributed by atoms with E-state index in [-0.39, 0.29) is 17.4 Å². The molecule has 1 atom stereocenters. The molecule has 3 heteroatoms. The summed E-state index contributed by atoms with van der Waals surface area (Å²) in [7, 11) is 0. The lowest BCUT2D eigenvalue weighted by atomic mass is 9.87. The van der Waals surface area contributed by atoms with Crippen LogP contribution in [0.25, 0.3) is 0 Å². The molecule has 0 saturated heterocycles. The Labute approximate surface area is 151 Å². The fraction of sp³-hybridized carbons (Fsp3) is 0.409. The zero-order chi connectivity index (χ0) is 18.4. The minimum Gasteiger partial charge on any atom is -0.489 e. The molecule has 1 N–H and O–H groups in total. The molecule has 2 rings (SSSR count). The number of carbonyl (C=O) groups excluding carboxylic acids is 1. The largest absolute Gasteiger partial charge is 0.489 e. The average Bonchev–Trinajstić information content (AvgIpc) is 2.59. The highest BCUT2D eigenvalue weighted by Crippen LogP contribution is 2.24. The molecule has 0 radical (unpaired) electrons. The maximum Gasteiger partial charge on any atom is 0.251 e. The van der Waals surface area contributed by atoms with Gasteiger partial charge in [0.05, 0.1) is 0 Å². The molecule has 0 aromatic heterocycles. The van der Waals surface area contributed by atoms with Gasteiger partial charge >= 0.3 is 0 Å². The number of rotatable bonds is 6. The van der Waals surface area contributed by atoms with Gasteiger partial charge in [0.15, 0.2) is 0 Å². The highest BCUT2D eigenvalue weighted by atomic mass is 16.5. The molecule has 134 valence electrons. The van der Waals surface area contributed by atoms with Crippen LogP contribution >= 0.6 is 0 Å². The van der Waals surface area contributed by atoms with Crippen molar-refractivity contribution < 1.29 is 9.53 Å². The first-order chi connectivity index (χ1) is 11.8. The number of ether oxygens (including phenoxy) is 1. The Morgan fingerprint density at radius 2 is 1.64 bits per heavy atom. The summed E-state index contributed by atoms with van der Waals surface area (Å²) in [5.41, 5.74) is 3.15. The van der Waals surface area contributed by atoms with E-state index >= 15 is 0 Å². The highest BCUT2D eigenvalue weighted by molar-refractivity contribution is 5.94. The minimum absolute atomic E-state index is 0.0282. The first-order valence-corrected chi connectivity index (χ1v) is 8.92. The first-order valence-electron chi connectivity index (χ1n) is 8.92. The molecule has 2 aromatic carbocycles. The van der Waals surface area contributed by atoms with Gasteiger partial charge in [-0.25, -0.2) is 0 Å². The van der Waals surface area contributed by atoms with Crippen molar-refractivity contribution in [3.8, 4) is 5.75 Å². The number of carbonyl (C=O) groups is 1. The molecule has 0 aliphatic heterocycles. The van der Waals surface area contributed by atoms with Crippen molar-refractivity contribution in [2.75, 3.05) is 0 Å². The molecule has 3 nitrogen and oxygen atoms in total. The van der Waals surface area contributed by atoms with Crippen LogP contribution in [0, 0.1) is 0 Å². The van der Waals surface area contributed by atoms with Crippen LogP contribution in [0.4, 0.5) is 0 Å². The van der Waals surface area contributed by atoms with Crippen molar-refractivity contribution in [1.29, 1.82) is 0 Å². The zero-order valence-electron chi connectivity index (χ0n) is 15.9. The Morgan fingerprint density at radius 3 is 2.16 bits per heavy atom. The standard InChI is InChI=1S/C22H29NO2/c1-6-16(2)23-21(24)18-9-7-17(8-10-18)15-25-20-13-11-19(12-14-20)22(3,4)5/h7-14,16H,6,15H2,1-5H3,(H,23,24)/t16-/m0/s1. The lowest BCUT2D eigenvalue weighted by Crippen LogP contribution is -2.31. The number of nitrogens with one attached hydrogen (secondary N) is 1. The summed E-state index contributed by atoms with van der Waals surface area (Å²) in [4.78, 5) is 12.1. The predicted molar refractivity (Wildman–Crippen MR) is 103 cm³/mol. The van der Waals surface area contributed by atoms with Crippen LogP contribution < -0.4 is 10.1 Å². The van der Waals surface area contributed by atoms with E-state index in [0.717, 1.165) is 17.7 Å². The van der Waals surface area contributed by atoms with Gasteiger partial charge in [-0.1, -0.05) is 52.0 Å². The van der Waals surface area contributed by atoms with Gasteiger partial charge in [-0.2, -0.15) is 0 Å². The second-order valence-corrected chi connectivity index (χ2v) is 7.54. The Balaban J connectivity index is 1.92. The van der Waals surface area contributed by atoms with Crippen LogP contribution in [-0.2, 0) is 12.0 Å². The molecule has 25 heavy (non-hydrogen) atoms. The summed E-state index contributed by atoms with van der Waals surface area (Å²) in [5, 5.41) is 2.97. The van der Waals surface area contributed by atoms with Crippen LogP contribution in [0.2, 0.25) is 0 Å². The van der Waals surface area contributed by atoms with E-state index in [9.17, 15) is 4.79 Å². The Morgan fingerprint density at radius 1 is 1.04 bits per heavy atom. The third-order valence-electron chi connectivity index (χ3n) is 4.33. The molecule has 0 unspecified atom stereocenters. The summed E-state index contributed by atoms with van der Waals surface area (Å²) in [6.07, 6.45) is 0.922. The van der Waals surface area contributed by atoms with Crippen molar-refractivity contribution >= 4 is 5.91 Å². The van der Waals surface area contributed by atoms with Crippen LogP contribution in [0.5, 0.6) is 5.75 Å². The van der Waals surface area contributed by atoms with Crippen LogP contribution in [-0.4, -0.2) is 11.9 Å². The predicted octanol–water partition coefficient (Wildman–Crippen LogP) is 5.09. The Hall–Kier alpha value is -2.29. The molecule has 0 aliphatic carbocycles. The topological polar surface area (TPSA) is 38.3 Å². The normalized spacial score (nSPS) is 12.5. The van der Waals surface area contributed by atoms with Crippen molar-refractivity contribution in [3.63, 3.8) is 0 Å². The number of hydrogen-bond acceptors (Lipinski definition) is 2. The lowest BCUT2D eigenvalue weighted by Gasteiger charge is -2.19. The molecule has 0 bridgehead atoms. The molecule has 0 spiro atoms. The summed E-state index contributed by atoms with van der Waals surface area (Å²) >= 11 is 0. The smallest absolute Gasteiger partial charge is 0.251 e. The van der Waals surface area contributed by atoms with Crippen molar-refractivity contribution in [3.05, 3.63) is 65.2 Å². The molecular weight excluding hydrogens is 310 g/mol. The summed E-state index contributed by atoms with van der Waals surface area (Å²) in [6.45, 7) is 11.1.